The number of halogens is 5. The molecule has 6 aromatic heterocycles. The van der Waals surface area contributed by atoms with Crippen molar-refractivity contribution in [2.24, 2.45) is 0 Å². The first-order chi connectivity index (χ1) is 47.2. The first kappa shape index (κ1) is 54.1. The molecule has 0 aliphatic carbocycles. The molecule has 6 nitrogen and oxygen atoms in total. The third-order valence-corrected chi connectivity index (χ3v) is 20.1. The van der Waals surface area contributed by atoms with Crippen molar-refractivity contribution >= 4 is 131 Å². The fraction of sp³-hybridized carbons (Fsp3) is 0.0118. The summed E-state index contributed by atoms with van der Waals surface area (Å²) >= 11 is 0. The van der Waals surface area contributed by atoms with Gasteiger partial charge < -0.3 is 27.4 Å². The van der Waals surface area contributed by atoms with Crippen molar-refractivity contribution in [3.63, 3.8) is 0 Å². The number of nitrogens with zero attached hydrogens (tertiary/aromatic N) is 6. The second-order valence-electron chi connectivity index (χ2n) is 25.1. The molecule has 6 heterocycles. The highest BCUT2D eigenvalue weighted by Crippen LogP contribution is 2.47. The predicted octanol–water partition coefficient (Wildman–Crippen LogP) is 22.9. The molecule has 0 amide bonds. The third-order valence-electron chi connectivity index (χ3n) is 20.1. The molecule has 454 valence electrons. The van der Waals surface area contributed by atoms with Gasteiger partial charge in [0.25, 0.3) is 0 Å². The lowest BCUT2D eigenvalue weighted by Crippen LogP contribution is -2.09. The topological polar surface area (TPSA) is 29.6 Å². The van der Waals surface area contributed by atoms with Gasteiger partial charge in [0.2, 0.25) is 5.82 Å². The molecule has 11 heteroatoms. The lowest BCUT2D eigenvalue weighted by atomic mass is 9.96. The third kappa shape index (κ3) is 7.39. The summed E-state index contributed by atoms with van der Waals surface area (Å²) in [7, 11) is 0. The molecular formula is C85H49F5N6. The summed E-state index contributed by atoms with van der Waals surface area (Å²) in [6.07, 6.45) is 0. The minimum atomic E-state index is -2.23. The Morgan fingerprint density at radius 3 is 0.656 bits per heavy atom. The van der Waals surface area contributed by atoms with E-state index in [1.807, 2.05) is 54.6 Å². The average molecular weight is 1250 g/mol. The molecule has 0 aliphatic rings. The highest BCUT2D eigenvalue weighted by Gasteiger charge is 2.31. The van der Waals surface area contributed by atoms with Crippen molar-refractivity contribution in [1.29, 1.82) is 0 Å². The average Bonchev–Trinajstić information content (AvgIpc) is 1.55. The van der Waals surface area contributed by atoms with Crippen LogP contribution in [0.25, 0.3) is 176 Å². The summed E-state index contributed by atoms with van der Waals surface area (Å²) in [6.45, 7) is 1.67. The smallest absolute Gasteiger partial charge is 0.200 e. The van der Waals surface area contributed by atoms with Gasteiger partial charge in [0.1, 0.15) is 0 Å². The summed E-state index contributed by atoms with van der Waals surface area (Å²) in [4.78, 5) is 0. The number of aromatic nitrogens is 6. The Morgan fingerprint density at radius 2 is 0.406 bits per heavy atom. The van der Waals surface area contributed by atoms with E-state index in [4.69, 9.17) is 0 Å². The van der Waals surface area contributed by atoms with Gasteiger partial charge in [-0.1, -0.05) is 170 Å². The number of fused-ring (bicyclic) bond motifs is 18. The molecule has 20 aromatic rings. The van der Waals surface area contributed by atoms with Crippen molar-refractivity contribution < 1.29 is 22.0 Å². The lowest BCUT2D eigenvalue weighted by Gasteiger charge is -2.21. The summed E-state index contributed by atoms with van der Waals surface area (Å²) < 4.78 is 94.9. The quantitative estimate of drug-likeness (QED) is 0.0865. The van der Waals surface area contributed by atoms with Crippen LogP contribution in [0.4, 0.5) is 22.0 Å². The zero-order valence-electron chi connectivity index (χ0n) is 51.1. The fourth-order valence-corrected chi connectivity index (χ4v) is 16.0. The Labute approximate surface area is 543 Å². The van der Waals surface area contributed by atoms with Crippen LogP contribution in [0.5, 0.6) is 0 Å². The maximum atomic E-state index is 17.0. The van der Waals surface area contributed by atoms with E-state index < -0.39 is 34.6 Å². The summed E-state index contributed by atoms with van der Waals surface area (Å²) in [6, 6.07) is 96.2. The zero-order chi connectivity index (χ0) is 63.9. The Bertz CT molecular complexity index is 6220. The monoisotopic (exact) mass is 1250 g/mol. The number of hydrogen-bond donors (Lipinski definition) is 0. The van der Waals surface area contributed by atoms with Crippen LogP contribution < -0.4 is 0 Å². The summed E-state index contributed by atoms with van der Waals surface area (Å²) in [5.74, 6) is -10.2. The Hall–Kier alpha value is -12.5. The molecule has 0 aliphatic heterocycles. The second kappa shape index (κ2) is 20.0. The van der Waals surface area contributed by atoms with Crippen LogP contribution >= 0.6 is 0 Å². The van der Waals surface area contributed by atoms with Crippen LogP contribution in [0.3, 0.4) is 0 Å². The number of para-hydroxylation sites is 8. The van der Waals surface area contributed by atoms with Gasteiger partial charge in [-0.15, -0.1) is 0 Å². The fourth-order valence-electron chi connectivity index (χ4n) is 16.0. The minimum absolute atomic E-state index is 0.175. The van der Waals surface area contributed by atoms with E-state index in [0.717, 1.165) is 154 Å². The maximum Gasteiger partial charge on any atom is 0.200 e. The van der Waals surface area contributed by atoms with Gasteiger partial charge in [-0.3, -0.25) is 0 Å². The van der Waals surface area contributed by atoms with E-state index in [9.17, 15) is 0 Å². The molecule has 0 unspecified atom stereocenters. The summed E-state index contributed by atoms with van der Waals surface area (Å²) in [5, 5.41) is 12.2. The number of hydrogen-bond acceptors (Lipinski definition) is 0. The van der Waals surface area contributed by atoms with Gasteiger partial charge in [-0.25, -0.2) is 22.0 Å². The molecule has 0 bridgehead atoms. The molecule has 0 saturated heterocycles. The van der Waals surface area contributed by atoms with Crippen LogP contribution in [0.2, 0.25) is 0 Å². The lowest BCUT2D eigenvalue weighted by molar-refractivity contribution is 0.381. The first-order valence-corrected chi connectivity index (χ1v) is 31.9. The molecule has 0 saturated carbocycles. The van der Waals surface area contributed by atoms with Crippen molar-refractivity contribution in [2.75, 3.05) is 0 Å². The van der Waals surface area contributed by atoms with E-state index in [0.29, 0.717) is 11.4 Å². The summed E-state index contributed by atoms with van der Waals surface area (Å²) in [5.41, 5.74) is 14.5. The molecule has 14 aromatic carbocycles. The van der Waals surface area contributed by atoms with Crippen molar-refractivity contribution in [3.05, 3.63) is 314 Å². The minimum Gasteiger partial charge on any atom is -0.309 e. The van der Waals surface area contributed by atoms with Gasteiger partial charge in [0, 0.05) is 87.4 Å². The molecule has 0 N–H and O–H groups in total. The highest BCUT2D eigenvalue weighted by molar-refractivity contribution is 6.17. The Morgan fingerprint density at radius 1 is 0.198 bits per heavy atom. The van der Waals surface area contributed by atoms with Crippen LogP contribution in [-0.2, 0) is 0 Å². The highest BCUT2D eigenvalue weighted by atomic mass is 19.2. The van der Waals surface area contributed by atoms with E-state index >= 15 is 22.0 Å². The molecule has 0 radical (unpaired) electrons. The number of benzene rings is 14. The largest absolute Gasteiger partial charge is 0.309 e. The van der Waals surface area contributed by atoms with Crippen LogP contribution in [0.15, 0.2) is 279 Å². The molecule has 0 fully saturated rings. The van der Waals surface area contributed by atoms with Crippen molar-refractivity contribution in [3.8, 4) is 45.3 Å². The van der Waals surface area contributed by atoms with E-state index in [-0.39, 0.29) is 11.1 Å². The van der Waals surface area contributed by atoms with Crippen LogP contribution in [-0.4, -0.2) is 27.4 Å². The van der Waals surface area contributed by atoms with E-state index in [1.165, 1.54) is 0 Å². The van der Waals surface area contributed by atoms with Crippen molar-refractivity contribution in [2.45, 2.75) is 6.92 Å². The Kier molecular flexibility index (Phi) is 11.3. The van der Waals surface area contributed by atoms with Gasteiger partial charge >= 0.3 is 0 Å². The molecule has 0 atom stereocenters. The van der Waals surface area contributed by atoms with Crippen molar-refractivity contribution in [1.82, 2.24) is 27.4 Å². The van der Waals surface area contributed by atoms with E-state index in [2.05, 4.69) is 246 Å². The van der Waals surface area contributed by atoms with Gasteiger partial charge in [0.15, 0.2) is 23.3 Å². The molecule has 20 rings (SSSR count). The molecular weight excluding hydrogens is 1200 g/mol. The molecule has 96 heavy (non-hydrogen) atoms. The van der Waals surface area contributed by atoms with Gasteiger partial charge in [-0.05, 0) is 127 Å². The first-order valence-electron chi connectivity index (χ1n) is 31.9. The maximum absolute atomic E-state index is 17.0. The normalized spacial score (nSPS) is 12.3. The number of rotatable bonds is 7. The SMILES string of the molecule is Cc1cc(-n2c3cc(-n4c5ccccc5c5ccccc54)ccc3c3ccc(-n4c5ccccc5c5ccccc54)cc32)c(-n2c3cc(-n4c5ccccc5c5ccccc54)ccc3c3ccc(-n4c5ccccc5c5ccccc54)cc32)cc1-c1c(F)c(F)c(F)c(F)c1F. The van der Waals surface area contributed by atoms with Crippen LogP contribution in [0.1, 0.15) is 5.56 Å². The zero-order valence-corrected chi connectivity index (χ0v) is 51.1. The van der Waals surface area contributed by atoms with Gasteiger partial charge in [0.05, 0.1) is 83.1 Å². The van der Waals surface area contributed by atoms with Gasteiger partial charge in [-0.2, -0.15) is 0 Å². The predicted molar refractivity (Wildman–Crippen MR) is 382 cm³/mol. The molecule has 0 spiro atoms. The second-order valence-corrected chi connectivity index (χ2v) is 25.1. The number of aryl methyl sites for hydroxylation is 1. The Balaban J connectivity index is 0.970. The van der Waals surface area contributed by atoms with Crippen LogP contribution in [0, 0.1) is 36.0 Å². The van der Waals surface area contributed by atoms with E-state index in [1.54, 1.807) is 13.0 Å². The standard InChI is InChI=1S/C85H49F5N6/c1-48-42-78(95-74-43-49(91-66-26-10-2-18-53(66)54-19-3-11-27-67(54)91)34-38-61(74)62-39-35-50(44-75(62)95)92-68-28-12-4-20-55(68)56-21-5-13-29-69(56)92)79(47-65(48)80-81(86)83(88)85(90)84(89)82(80)87)96-76-45-51(93-70-30-14-6-22-57(70)58-23-7-15-31-71(58)93)36-40-63(76)64-41-37-52(46-77(64)96)94-72-32-16-8-24-59(72)60-25-9-17-33-73(60)94/h2-47H,1H3.